The smallest absolute Gasteiger partial charge is 0.282 e. The van der Waals surface area contributed by atoms with Gasteiger partial charge in [-0.25, -0.2) is 5.01 Å². The Labute approximate surface area is 188 Å². The van der Waals surface area contributed by atoms with Crippen LogP contribution in [0, 0.1) is 30.9 Å². The standard InChI is InChI=1S/C23H18ClN3O5/c1-12-4-5-15(10-19(12)24)26-23(29)18(22(28)25-26)11-16-6-7-21(32-16)17-8-13(2)14(3)9-20(17)27(30)31/h4-11H,1-3H3,(H,25,28). The zero-order valence-electron chi connectivity index (χ0n) is 17.4. The van der Waals surface area contributed by atoms with E-state index in [1.54, 1.807) is 43.3 Å². The maximum absolute atomic E-state index is 12.8. The molecule has 0 saturated carbocycles. The van der Waals surface area contributed by atoms with E-state index in [1.807, 2.05) is 13.8 Å². The van der Waals surface area contributed by atoms with Crippen molar-refractivity contribution in [3.05, 3.63) is 85.6 Å². The molecule has 9 heteroatoms. The largest absolute Gasteiger partial charge is 0.456 e. The van der Waals surface area contributed by atoms with Crippen molar-refractivity contribution in [3.8, 4) is 11.3 Å². The van der Waals surface area contributed by atoms with E-state index in [0.29, 0.717) is 16.3 Å². The van der Waals surface area contributed by atoms with Crippen LogP contribution in [0.25, 0.3) is 17.4 Å². The highest BCUT2D eigenvalue weighted by molar-refractivity contribution is 6.33. The maximum Gasteiger partial charge on any atom is 0.282 e. The van der Waals surface area contributed by atoms with E-state index in [4.69, 9.17) is 16.0 Å². The molecule has 32 heavy (non-hydrogen) atoms. The number of halogens is 1. The second-order valence-corrected chi connectivity index (χ2v) is 7.89. The highest BCUT2D eigenvalue weighted by atomic mass is 35.5. The second kappa shape index (κ2) is 7.97. The summed E-state index contributed by atoms with van der Waals surface area (Å²) in [6.45, 7) is 5.47. The van der Waals surface area contributed by atoms with Crippen molar-refractivity contribution in [1.82, 2.24) is 5.43 Å². The predicted octanol–water partition coefficient (Wildman–Crippen LogP) is 4.89. The number of carbonyl (C=O) groups is 2. The molecule has 1 fully saturated rings. The van der Waals surface area contributed by atoms with Crippen LogP contribution in [0.3, 0.4) is 0 Å². The van der Waals surface area contributed by atoms with Crippen LogP contribution in [-0.2, 0) is 9.59 Å². The monoisotopic (exact) mass is 451 g/mol. The van der Waals surface area contributed by atoms with E-state index < -0.39 is 16.7 Å². The number of benzene rings is 2. The number of nitro benzene ring substituents is 1. The number of hydrogen-bond donors (Lipinski definition) is 1. The molecule has 4 rings (SSSR count). The van der Waals surface area contributed by atoms with E-state index in [1.165, 1.54) is 12.1 Å². The normalized spacial score (nSPS) is 14.9. The molecule has 3 aromatic rings. The lowest BCUT2D eigenvalue weighted by Crippen LogP contribution is -2.35. The van der Waals surface area contributed by atoms with Crippen LogP contribution < -0.4 is 10.4 Å². The number of carbonyl (C=O) groups excluding carboxylic acids is 2. The first-order valence-electron chi connectivity index (χ1n) is 9.65. The third-order valence-corrected chi connectivity index (χ3v) is 5.70. The van der Waals surface area contributed by atoms with Crippen LogP contribution >= 0.6 is 11.6 Å². The number of hydrogen-bond acceptors (Lipinski definition) is 5. The lowest BCUT2D eigenvalue weighted by molar-refractivity contribution is -0.384. The Morgan fingerprint density at radius 2 is 1.75 bits per heavy atom. The van der Waals surface area contributed by atoms with Gasteiger partial charge in [0.1, 0.15) is 17.1 Å². The number of amides is 2. The van der Waals surface area contributed by atoms with Gasteiger partial charge in [-0.1, -0.05) is 17.7 Å². The van der Waals surface area contributed by atoms with Crippen molar-refractivity contribution in [2.45, 2.75) is 20.8 Å². The molecule has 0 atom stereocenters. The van der Waals surface area contributed by atoms with Crippen molar-refractivity contribution in [3.63, 3.8) is 0 Å². The van der Waals surface area contributed by atoms with Gasteiger partial charge in [0.2, 0.25) is 0 Å². The molecule has 2 aromatic carbocycles. The van der Waals surface area contributed by atoms with Crippen molar-refractivity contribution < 1.29 is 18.9 Å². The molecule has 1 aliphatic rings. The molecule has 1 N–H and O–H groups in total. The molecule has 0 aliphatic carbocycles. The fourth-order valence-corrected chi connectivity index (χ4v) is 3.50. The topological polar surface area (TPSA) is 106 Å². The Morgan fingerprint density at radius 1 is 1.03 bits per heavy atom. The maximum atomic E-state index is 12.8. The number of nitrogens with zero attached hydrogens (tertiary/aromatic N) is 2. The van der Waals surface area contributed by atoms with E-state index in [2.05, 4.69) is 5.43 Å². The minimum atomic E-state index is -0.596. The summed E-state index contributed by atoms with van der Waals surface area (Å²) in [5.74, 6) is -0.679. The van der Waals surface area contributed by atoms with Crippen molar-refractivity contribution in [2.24, 2.45) is 0 Å². The molecular weight excluding hydrogens is 434 g/mol. The van der Waals surface area contributed by atoms with Crippen LogP contribution in [0.4, 0.5) is 11.4 Å². The average Bonchev–Trinajstić information content (AvgIpc) is 3.32. The van der Waals surface area contributed by atoms with Crippen molar-refractivity contribution in [2.75, 3.05) is 5.01 Å². The van der Waals surface area contributed by atoms with Gasteiger partial charge in [-0.05, 0) is 73.9 Å². The molecule has 1 aliphatic heterocycles. The van der Waals surface area contributed by atoms with Gasteiger partial charge in [0.25, 0.3) is 17.5 Å². The summed E-state index contributed by atoms with van der Waals surface area (Å²) in [6.07, 6.45) is 1.31. The van der Waals surface area contributed by atoms with Crippen LogP contribution in [-0.4, -0.2) is 16.7 Å². The number of furan rings is 1. The molecule has 2 amide bonds. The Morgan fingerprint density at radius 3 is 2.44 bits per heavy atom. The van der Waals surface area contributed by atoms with Gasteiger partial charge in [0, 0.05) is 11.1 Å². The van der Waals surface area contributed by atoms with Crippen LogP contribution in [0.5, 0.6) is 0 Å². The summed E-state index contributed by atoms with van der Waals surface area (Å²) >= 11 is 6.13. The third kappa shape index (κ3) is 3.76. The molecule has 2 heterocycles. The lowest BCUT2D eigenvalue weighted by Gasteiger charge is -2.15. The number of rotatable bonds is 4. The summed E-state index contributed by atoms with van der Waals surface area (Å²) in [5, 5.41) is 13.1. The SMILES string of the molecule is Cc1cc(-c2ccc(C=C3C(=O)NN(c4ccc(C)c(Cl)c4)C3=O)o2)c([N+](=O)[O-])cc1C. The van der Waals surface area contributed by atoms with E-state index in [0.717, 1.165) is 21.7 Å². The number of nitro groups is 1. The summed E-state index contributed by atoms with van der Waals surface area (Å²) < 4.78 is 5.74. The first kappa shape index (κ1) is 21.3. The first-order chi connectivity index (χ1) is 15.2. The van der Waals surface area contributed by atoms with Gasteiger partial charge >= 0.3 is 0 Å². The zero-order chi connectivity index (χ0) is 23.2. The molecule has 0 radical (unpaired) electrons. The molecule has 1 aromatic heterocycles. The van der Waals surface area contributed by atoms with E-state index in [-0.39, 0.29) is 22.8 Å². The summed E-state index contributed by atoms with van der Waals surface area (Å²) in [6, 6.07) is 11.3. The van der Waals surface area contributed by atoms with E-state index in [9.17, 15) is 19.7 Å². The molecule has 0 bridgehead atoms. The zero-order valence-corrected chi connectivity index (χ0v) is 18.2. The molecule has 162 valence electrons. The number of nitrogens with one attached hydrogen (secondary N) is 1. The number of aryl methyl sites for hydroxylation is 3. The van der Waals surface area contributed by atoms with Crippen LogP contribution in [0.1, 0.15) is 22.5 Å². The highest BCUT2D eigenvalue weighted by Crippen LogP contribution is 2.34. The van der Waals surface area contributed by atoms with Gasteiger partial charge in [-0.2, -0.15) is 0 Å². The Hall–Kier alpha value is -3.91. The molecule has 1 saturated heterocycles. The summed E-state index contributed by atoms with van der Waals surface area (Å²) in [4.78, 5) is 36.3. The Balaban J connectivity index is 1.67. The van der Waals surface area contributed by atoms with E-state index >= 15 is 0 Å². The lowest BCUT2D eigenvalue weighted by atomic mass is 10.0. The Kier molecular flexibility index (Phi) is 5.31. The minimum absolute atomic E-state index is 0.0845. The fourth-order valence-electron chi connectivity index (χ4n) is 3.33. The molecule has 0 unspecified atom stereocenters. The van der Waals surface area contributed by atoms with Crippen LogP contribution in [0.2, 0.25) is 5.02 Å². The summed E-state index contributed by atoms with van der Waals surface area (Å²) in [5.41, 5.74) is 5.54. The molecule has 0 spiro atoms. The Bertz CT molecular complexity index is 1330. The van der Waals surface area contributed by atoms with Crippen molar-refractivity contribution in [1.29, 1.82) is 0 Å². The first-order valence-corrected chi connectivity index (χ1v) is 10.0. The third-order valence-electron chi connectivity index (χ3n) is 5.29. The van der Waals surface area contributed by atoms with Gasteiger partial charge < -0.3 is 4.42 Å². The number of hydrazine groups is 1. The predicted molar refractivity (Wildman–Crippen MR) is 120 cm³/mol. The van der Waals surface area contributed by atoms with Gasteiger partial charge in [0.05, 0.1) is 16.2 Å². The van der Waals surface area contributed by atoms with Gasteiger partial charge in [-0.3, -0.25) is 25.1 Å². The van der Waals surface area contributed by atoms with Gasteiger partial charge in [-0.15, -0.1) is 0 Å². The van der Waals surface area contributed by atoms with Crippen molar-refractivity contribution >= 4 is 40.9 Å². The van der Waals surface area contributed by atoms with Gasteiger partial charge in [0.15, 0.2) is 0 Å². The van der Waals surface area contributed by atoms with Crippen LogP contribution in [0.15, 0.2) is 52.5 Å². The quantitative estimate of drug-likeness (QED) is 0.263. The molecule has 8 nitrogen and oxygen atoms in total. The highest BCUT2D eigenvalue weighted by Gasteiger charge is 2.35. The average molecular weight is 452 g/mol. The molecular formula is C23H18ClN3O5. The fraction of sp³-hybridized carbons (Fsp3) is 0.130. The second-order valence-electron chi connectivity index (χ2n) is 7.49. The summed E-state index contributed by atoms with van der Waals surface area (Å²) in [7, 11) is 0. The minimum Gasteiger partial charge on any atom is -0.456 e. The number of anilines is 1.